The molecular formula is C17H22N2O2. The van der Waals surface area contributed by atoms with Gasteiger partial charge in [-0.25, -0.2) is 0 Å². The van der Waals surface area contributed by atoms with Crippen LogP contribution in [0.4, 0.5) is 5.69 Å². The fourth-order valence-corrected chi connectivity index (χ4v) is 2.42. The Morgan fingerprint density at radius 3 is 2.86 bits per heavy atom. The van der Waals surface area contributed by atoms with Crippen LogP contribution >= 0.6 is 0 Å². The van der Waals surface area contributed by atoms with Crippen LogP contribution in [0.15, 0.2) is 35.9 Å². The van der Waals surface area contributed by atoms with E-state index in [1.54, 1.807) is 6.08 Å². The van der Waals surface area contributed by atoms with Crippen molar-refractivity contribution in [3.63, 3.8) is 0 Å². The molecule has 1 aromatic carbocycles. The third-order valence-corrected chi connectivity index (χ3v) is 3.43. The molecular weight excluding hydrogens is 264 g/mol. The predicted octanol–water partition coefficient (Wildman–Crippen LogP) is 2.79. The molecule has 1 saturated heterocycles. The van der Waals surface area contributed by atoms with Crippen molar-refractivity contribution in [1.82, 2.24) is 5.32 Å². The molecule has 0 aliphatic carbocycles. The van der Waals surface area contributed by atoms with Crippen LogP contribution < -0.4 is 10.2 Å². The van der Waals surface area contributed by atoms with E-state index in [4.69, 9.17) is 0 Å². The minimum absolute atomic E-state index is 0.0885. The van der Waals surface area contributed by atoms with Crippen LogP contribution in [0, 0.1) is 0 Å². The maximum Gasteiger partial charge on any atom is 0.244 e. The highest BCUT2D eigenvalue weighted by atomic mass is 16.2. The highest BCUT2D eigenvalue weighted by molar-refractivity contribution is 5.94. The van der Waals surface area contributed by atoms with Gasteiger partial charge in [-0.05, 0) is 44.4 Å². The molecule has 0 atom stereocenters. The summed E-state index contributed by atoms with van der Waals surface area (Å²) < 4.78 is 0. The van der Waals surface area contributed by atoms with Crippen LogP contribution in [0.5, 0.6) is 0 Å². The summed E-state index contributed by atoms with van der Waals surface area (Å²) in [5.41, 5.74) is 2.90. The highest BCUT2D eigenvalue weighted by Gasteiger charge is 2.19. The SMILES string of the molecule is CC(C)=CC(=O)NCc1cccc(N2CCCCC2=O)c1. The maximum absolute atomic E-state index is 11.9. The number of nitrogens with one attached hydrogen (secondary N) is 1. The molecule has 112 valence electrons. The molecule has 1 aromatic rings. The number of piperidine rings is 1. The number of amides is 2. The van der Waals surface area contributed by atoms with E-state index in [-0.39, 0.29) is 11.8 Å². The van der Waals surface area contributed by atoms with Crippen molar-refractivity contribution in [2.24, 2.45) is 0 Å². The van der Waals surface area contributed by atoms with Crippen molar-refractivity contribution in [3.8, 4) is 0 Å². The van der Waals surface area contributed by atoms with Crippen LogP contribution in [-0.4, -0.2) is 18.4 Å². The standard InChI is InChI=1S/C17H22N2O2/c1-13(2)10-16(20)18-12-14-6-5-7-15(11-14)19-9-4-3-8-17(19)21/h5-7,10-11H,3-4,8-9,12H2,1-2H3,(H,18,20). The van der Waals surface area contributed by atoms with Gasteiger partial charge in [-0.2, -0.15) is 0 Å². The van der Waals surface area contributed by atoms with E-state index in [2.05, 4.69) is 5.32 Å². The largest absolute Gasteiger partial charge is 0.348 e. The van der Waals surface area contributed by atoms with Crippen molar-refractivity contribution >= 4 is 17.5 Å². The van der Waals surface area contributed by atoms with Gasteiger partial charge < -0.3 is 10.2 Å². The molecule has 0 aromatic heterocycles. The zero-order valence-electron chi connectivity index (χ0n) is 12.7. The van der Waals surface area contributed by atoms with Gasteiger partial charge in [0.15, 0.2) is 0 Å². The number of benzene rings is 1. The summed E-state index contributed by atoms with van der Waals surface area (Å²) in [7, 11) is 0. The second-order valence-electron chi connectivity index (χ2n) is 5.61. The van der Waals surface area contributed by atoms with Gasteiger partial charge in [0.25, 0.3) is 0 Å². The Morgan fingerprint density at radius 2 is 2.14 bits per heavy atom. The summed E-state index contributed by atoms with van der Waals surface area (Å²) in [4.78, 5) is 25.4. The summed E-state index contributed by atoms with van der Waals surface area (Å²) in [5.74, 6) is 0.0985. The molecule has 0 spiro atoms. The van der Waals surface area contributed by atoms with E-state index in [0.717, 1.165) is 36.2 Å². The van der Waals surface area contributed by atoms with Crippen LogP contribution in [0.25, 0.3) is 0 Å². The average Bonchev–Trinajstić information content (AvgIpc) is 2.45. The van der Waals surface area contributed by atoms with Gasteiger partial charge in [-0.1, -0.05) is 17.7 Å². The van der Waals surface area contributed by atoms with Crippen molar-refractivity contribution in [3.05, 3.63) is 41.5 Å². The third kappa shape index (κ3) is 4.45. The summed E-state index contributed by atoms with van der Waals surface area (Å²) in [6.07, 6.45) is 4.24. The summed E-state index contributed by atoms with van der Waals surface area (Å²) in [6.45, 7) is 5.04. The summed E-state index contributed by atoms with van der Waals surface area (Å²) in [5, 5.41) is 2.85. The molecule has 0 radical (unpaired) electrons. The molecule has 1 heterocycles. The predicted molar refractivity (Wildman–Crippen MR) is 83.9 cm³/mol. The number of hydrogen-bond donors (Lipinski definition) is 1. The van der Waals surface area contributed by atoms with Crippen molar-refractivity contribution in [2.45, 2.75) is 39.7 Å². The van der Waals surface area contributed by atoms with Gasteiger partial charge in [0.05, 0.1) is 0 Å². The minimum atomic E-state index is -0.0885. The monoisotopic (exact) mass is 286 g/mol. The quantitative estimate of drug-likeness (QED) is 0.865. The van der Waals surface area contributed by atoms with Gasteiger partial charge in [0, 0.05) is 31.3 Å². The zero-order valence-corrected chi connectivity index (χ0v) is 12.7. The Labute approximate surface area is 125 Å². The van der Waals surface area contributed by atoms with E-state index >= 15 is 0 Å². The van der Waals surface area contributed by atoms with E-state index in [1.807, 2.05) is 43.0 Å². The number of allylic oxidation sites excluding steroid dienone is 1. The molecule has 4 heteroatoms. The second kappa shape index (κ2) is 7.07. The van der Waals surface area contributed by atoms with Crippen LogP contribution in [-0.2, 0) is 16.1 Å². The Morgan fingerprint density at radius 1 is 1.33 bits per heavy atom. The van der Waals surface area contributed by atoms with Crippen LogP contribution in [0.1, 0.15) is 38.7 Å². The molecule has 1 fully saturated rings. The van der Waals surface area contributed by atoms with E-state index in [0.29, 0.717) is 13.0 Å². The number of anilines is 1. The molecule has 0 bridgehead atoms. The molecule has 2 rings (SSSR count). The third-order valence-electron chi connectivity index (χ3n) is 3.43. The molecule has 0 saturated carbocycles. The van der Waals surface area contributed by atoms with Crippen molar-refractivity contribution in [2.75, 3.05) is 11.4 Å². The van der Waals surface area contributed by atoms with Crippen LogP contribution in [0.2, 0.25) is 0 Å². The maximum atomic E-state index is 11.9. The van der Waals surface area contributed by atoms with E-state index in [9.17, 15) is 9.59 Å². The summed E-state index contributed by atoms with van der Waals surface area (Å²) >= 11 is 0. The fraction of sp³-hybridized carbons (Fsp3) is 0.412. The number of hydrogen-bond acceptors (Lipinski definition) is 2. The number of rotatable bonds is 4. The normalized spacial score (nSPS) is 14.8. The first-order chi connectivity index (χ1) is 10.1. The number of nitrogens with zero attached hydrogens (tertiary/aromatic N) is 1. The zero-order chi connectivity index (χ0) is 15.2. The Balaban J connectivity index is 2.02. The minimum Gasteiger partial charge on any atom is -0.348 e. The molecule has 2 amide bonds. The van der Waals surface area contributed by atoms with Gasteiger partial charge in [-0.15, -0.1) is 0 Å². The topological polar surface area (TPSA) is 49.4 Å². The number of carbonyl (C=O) groups excluding carboxylic acids is 2. The Bertz CT molecular complexity index is 560. The van der Waals surface area contributed by atoms with Gasteiger partial charge >= 0.3 is 0 Å². The summed E-state index contributed by atoms with van der Waals surface area (Å²) in [6, 6.07) is 7.82. The first kappa shape index (κ1) is 15.3. The lowest BCUT2D eigenvalue weighted by Crippen LogP contribution is -2.35. The molecule has 4 nitrogen and oxygen atoms in total. The van der Waals surface area contributed by atoms with Crippen molar-refractivity contribution in [1.29, 1.82) is 0 Å². The molecule has 1 aliphatic heterocycles. The Kier molecular flexibility index (Phi) is 5.14. The first-order valence-electron chi connectivity index (χ1n) is 7.38. The molecule has 21 heavy (non-hydrogen) atoms. The highest BCUT2D eigenvalue weighted by Crippen LogP contribution is 2.21. The second-order valence-corrected chi connectivity index (χ2v) is 5.61. The first-order valence-corrected chi connectivity index (χ1v) is 7.38. The van der Waals surface area contributed by atoms with Crippen LogP contribution in [0.3, 0.4) is 0 Å². The fourth-order valence-electron chi connectivity index (χ4n) is 2.42. The van der Waals surface area contributed by atoms with Gasteiger partial charge in [0.1, 0.15) is 0 Å². The number of carbonyl (C=O) groups is 2. The lowest BCUT2D eigenvalue weighted by atomic mass is 10.1. The van der Waals surface area contributed by atoms with Crippen molar-refractivity contribution < 1.29 is 9.59 Å². The molecule has 0 unspecified atom stereocenters. The lowest BCUT2D eigenvalue weighted by Gasteiger charge is -2.27. The smallest absolute Gasteiger partial charge is 0.244 e. The van der Waals surface area contributed by atoms with E-state index < -0.39 is 0 Å². The Hall–Kier alpha value is -2.10. The molecule has 1 aliphatic rings. The lowest BCUT2D eigenvalue weighted by molar-refractivity contribution is -0.119. The van der Waals surface area contributed by atoms with Gasteiger partial charge in [-0.3, -0.25) is 9.59 Å². The molecule has 1 N–H and O–H groups in total. The average molecular weight is 286 g/mol. The van der Waals surface area contributed by atoms with Gasteiger partial charge in [0.2, 0.25) is 11.8 Å². The van der Waals surface area contributed by atoms with E-state index in [1.165, 1.54) is 0 Å².